The van der Waals surface area contributed by atoms with Crippen molar-refractivity contribution in [2.45, 2.75) is 18.9 Å². The smallest absolute Gasteiger partial charge is 0.270 e. The lowest BCUT2D eigenvalue weighted by Crippen LogP contribution is -2.27. The van der Waals surface area contributed by atoms with E-state index in [4.69, 9.17) is 14.6 Å². The first-order valence-electron chi connectivity index (χ1n) is 8.88. The predicted octanol–water partition coefficient (Wildman–Crippen LogP) is 3.45. The van der Waals surface area contributed by atoms with Gasteiger partial charge in [0.25, 0.3) is 5.91 Å². The Morgan fingerprint density at radius 2 is 1.85 bits per heavy atom. The van der Waals surface area contributed by atoms with Crippen molar-refractivity contribution in [2.24, 2.45) is 0 Å². The van der Waals surface area contributed by atoms with Gasteiger partial charge in [-0.1, -0.05) is 18.2 Å². The number of benzene rings is 2. The standard InChI is InChI=1S/C21H21N3O3/c1-26-16-10-11-17(20(12-16)27-2)18-13-19(21(25)22-14-8-9-14)24(23-18)15-6-4-3-5-7-15/h3-7,10-14H,8-9H2,1-2H3,(H,22,25). The van der Waals surface area contributed by atoms with E-state index in [0.29, 0.717) is 22.9 Å². The molecule has 0 saturated heterocycles. The molecule has 138 valence electrons. The first-order chi connectivity index (χ1) is 13.2. The molecule has 0 atom stereocenters. The molecule has 1 amide bonds. The molecule has 1 aromatic heterocycles. The highest BCUT2D eigenvalue weighted by molar-refractivity contribution is 5.95. The zero-order valence-corrected chi connectivity index (χ0v) is 15.3. The molecule has 1 aliphatic carbocycles. The van der Waals surface area contributed by atoms with Crippen LogP contribution in [0.2, 0.25) is 0 Å². The largest absolute Gasteiger partial charge is 0.497 e. The lowest BCUT2D eigenvalue weighted by Gasteiger charge is -2.08. The molecule has 27 heavy (non-hydrogen) atoms. The molecule has 1 aliphatic rings. The molecule has 1 fully saturated rings. The van der Waals surface area contributed by atoms with E-state index < -0.39 is 0 Å². The minimum Gasteiger partial charge on any atom is -0.497 e. The molecular formula is C21H21N3O3. The van der Waals surface area contributed by atoms with Gasteiger partial charge in [0.1, 0.15) is 17.2 Å². The molecule has 0 radical (unpaired) electrons. The van der Waals surface area contributed by atoms with Crippen molar-refractivity contribution >= 4 is 5.91 Å². The molecule has 0 bridgehead atoms. The fourth-order valence-corrected chi connectivity index (χ4v) is 2.94. The third kappa shape index (κ3) is 3.51. The Hall–Kier alpha value is -3.28. The highest BCUT2D eigenvalue weighted by Crippen LogP contribution is 2.33. The number of methoxy groups -OCH3 is 2. The number of carbonyl (C=O) groups is 1. The zero-order valence-electron chi connectivity index (χ0n) is 15.3. The topological polar surface area (TPSA) is 65.4 Å². The summed E-state index contributed by atoms with van der Waals surface area (Å²) in [4.78, 5) is 12.8. The van der Waals surface area contributed by atoms with Crippen LogP contribution < -0.4 is 14.8 Å². The van der Waals surface area contributed by atoms with Gasteiger partial charge in [-0.3, -0.25) is 4.79 Å². The summed E-state index contributed by atoms with van der Waals surface area (Å²) in [5.41, 5.74) is 2.80. The summed E-state index contributed by atoms with van der Waals surface area (Å²) in [7, 11) is 3.21. The normalized spacial score (nSPS) is 13.3. The summed E-state index contributed by atoms with van der Waals surface area (Å²) >= 11 is 0. The van der Waals surface area contributed by atoms with Crippen LogP contribution >= 0.6 is 0 Å². The van der Waals surface area contributed by atoms with Gasteiger partial charge in [0, 0.05) is 17.7 Å². The third-order valence-corrected chi connectivity index (χ3v) is 4.54. The molecule has 4 rings (SSSR count). The number of amides is 1. The van der Waals surface area contributed by atoms with E-state index in [1.807, 2.05) is 42.5 Å². The van der Waals surface area contributed by atoms with Crippen LogP contribution in [-0.4, -0.2) is 35.9 Å². The maximum absolute atomic E-state index is 12.8. The molecule has 2 aromatic carbocycles. The van der Waals surface area contributed by atoms with Crippen LogP contribution in [0.4, 0.5) is 0 Å². The van der Waals surface area contributed by atoms with Gasteiger partial charge in [-0.05, 0) is 43.2 Å². The van der Waals surface area contributed by atoms with E-state index in [1.165, 1.54) is 0 Å². The summed E-state index contributed by atoms with van der Waals surface area (Å²) < 4.78 is 12.4. The number of hydrogen-bond acceptors (Lipinski definition) is 4. The van der Waals surface area contributed by atoms with Gasteiger partial charge in [-0.2, -0.15) is 5.10 Å². The van der Waals surface area contributed by atoms with Gasteiger partial charge in [0.15, 0.2) is 0 Å². The monoisotopic (exact) mass is 363 g/mol. The first kappa shape index (κ1) is 17.1. The van der Waals surface area contributed by atoms with Crippen molar-refractivity contribution in [1.29, 1.82) is 0 Å². The van der Waals surface area contributed by atoms with Crippen molar-refractivity contribution in [3.63, 3.8) is 0 Å². The van der Waals surface area contributed by atoms with Gasteiger partial charge >= 0.3 is 0 Å². The number of carbonyl (C=O) groups excluding carboxylic acids is 1. The van der Waals surface area contributed by atoms with Crippen LogP contribution in [0.15, 0.2) is 54.6 Å². The minimum absolute atomic E-state index is 0.118. The Bertz CT molecular complexity index is 962. The molecule has 1 saturated carbocycles. The summed E-state index contributed by atoms with van der Waals surface area (Å²) in [5.74, 6) is 1.22. The second kappa shape index (κ2) is 7.15. The Kier molecular flexibility index (Phi) is 4.54. The lowest BCUT2D eigenvalue weighted by atomic mass is 10.1. The Balaban J connectivity index is 1.80. The molecule has 6 nitrogen and oxygen atoms in total. The number of nitrogens with zero attached hydrogens (tertiary/aromatic N) is 2. The van der Waals surface area contributed by atoms with Gasteiger partial charge in [-0.15, -0.1) is 0 Å². The van der Waals surface area contributed by atoms with Crippen LogP contribution in [-0.2, 0) is 0 Å². The van der Waals surface area contributed by atoms with Gasteiger partial charge < -0.3 is 14.8 Å². The average Bonchev–Trinajstić information content (AvgIpc) is 3.42. The second-order valence-corrected chi connectivity index (χ2v) is 6.48. The van der Waals surface area contributed by atoms with E-state index in [1.54, 1.807) is 31.0 Å². The second-order valence-electron chi connectivity index (χ2n) is 6.48. The van der Waals surface area contributed by atoms with Crippen molar-refractivity contribution in [3.8, 4) is 28.4 Å². The highest BCUT2D eigenvalue weighted by atomic mass is 16.5. The van der Waals surface area contributed by atoms with Crippen LogP contribution in [0.3, 0.4) is 0 Å². The Labute approximate surface area is 157 Å². The highest BCUT2D eigenvalue weighted by Gasteiger charge is 2.26. The van der Waals surface area contributed by atoms with E-state index >= 15 is 0 Å². The average molecular weight is 363 g/mol. The van der Waals surface area contributed by atoms with Gasteiger partial charge in [-0.25, -0.2) is 4.68 Å². The van der Waals surface area contributed by atoms with Crippen LogP contribution in [0, 0.1) is 0 Å². The van der Waals surface area contributed by atoms with E-state index in [0.717, 1.165) is 24.1 Å². The number of ether oxygens (including phenoxy) is 2. The molecule has 1 heterocycles. The lowest BCUT2D eigenvalue weighted by molar-refractivity contribution is 0.0943. The van der Waals surface area contributed by atoms with Gasteiger partial charge in [0.05, 0.1) is 25.6 Å². The van der Waals surface area contributed by atoms with Crippen LogP contribution in [0.5, 0.6) is 11.5 Å². The van der Waals surface area contributed by atoms with E-state index in [2.05, 4.69) is 5.32 Å². The number of para-hydroxylation sites is 1. The summed E-state index contributed by atoms with van der Waals surface area (Å²) in [6.07, 6.45) is 2.06. The number of aromatic nitrogens is 2. The van der Waals surface area contributed by atoms with Crippen molar-refractivity contribution in [1.82, 2.24) is 15.1 Å². The van der Waals surface area contributed by atoms with Crippen molar-refractivity contribution < 1.29 is 14.3 Å². The SMILES string of the molecule is COc1ccc(-c2cc(C(=O)NC3CC3)n(-c3ccccc3)n2)c(OC)c1. The zero-order chi connectivity index (χ0) is 18.8. The van der Waals surface area contributed by atoms with Crippen molar-refractivity contribution in [3.05, 3.63) is 60.3 Å². The quantitative estimate of drug-likeness (QED) is 0.728. The Morgan fingerprint density at radius 1 is 1.07 bits per heavy atom. The fraction of sp³-hybridized carbons (Fsp3) is 0.238. The fourth-order valence-electron chi connectivity index (χ4n) is 2.94. The number of hydrogen-bond donors (Lipinski definition) is 1. The third-order valence-electron chi connectivity index (χ3n) is 4.54. The molecule has 6 heteroatoms. The first-order valence-corrected chi connectivity index (χ1v) is 8.88. The predicted molar refractivity (Wildman–Crippen MR) is 103 cm³/mol. The number of rotatable bonds is 6. The Morgan fingerprint density at radius 3 is 2.52 bits per heavy atom. The van der Waals surface area contributed by atoms with Crippen LogP contribution in [0.25, 0.3) is 16.9 Å². The van der Waals surface area contributed by atoms with Crippen LogP contribution in [0.1, 0.15) is 23.3 Å². The molecule has 0 unspecified atom stereocenters. The minimum atomic E-state index is -0.118. The maximum Gasteiger partial charge on any atom is 0.270 e. The van der Waals surface area contributed by atoms with Crippen molar-refractivity contribution in [2.75, 3.05) is 14.2 Å². The molecular weight excluding hydrogens is 342 g/mol. The molecule has 3 aromatic rings. The number of nitrogens with one attached hydrogen (secondary N) is 1. The van der Waals surface area contributed by atoms with E-state index in [-0.39, 0.29) is 11.9 Å². The molecule has 1 N–H and O–H groups in total. The summed E-state index contributed by atoms with van der Waals surface area (Å²) in [6.45, 7) is 0. The molecule has 0 spiro atoms. The summed E-state index contributed by atoms with van der Waals surface area (Å²) in [5, 5.41) is 7.74. The van der Waals surface area contributed by atoms with Gasteiger partial charge in [0.2, 0.25) is 0 Å². The maximum atomic E-state index is 12.8. The summed E-state index contributed by atoms with van der Waals surface area (Å²) in [6, 6.07) is 17.3. The van der Waals surface area contributed by atoms with E-state index in [9.17, 15) is 4.79 Å². The molecule has 0 aliphatic heterocycles.